The van der Waals surface area contributed by atoms with E-state index in [-0.39, 0.29) is 11.7 Å². The summed E-state index contributed by atoms with van der Waals surface area (Å²) in [6.07, 6.45) is 1.38. The van der Waals surface area contributed by atoms with E-state index in [9.17, 15) is 4.79 Å². The fourth-order valence-electron chi connectivity index (χ4n) is 3.06. The first-order valence-corrected chi connectivity index (χ1v) is 9.67. The Morgan fingerprint density at radius 1 is 1.19 bits per heavy atom. The Bertz CT molecular complexity index is 766. The van der Waals surface area contributed by atoms with Crippen LogP contribution in [0.2, 0.25) is 0 Å². The zero-order valence-corrected chi connectivity index (χ0v) is 15.3. The van der Waals surface area contributed by atoms with Crippen LogP contribution < -0.4 is 10.2 Å². The maximum absolute atomic E-state index is 11.9. The van der Waals surface area contributed by atoms with Gasteiger partial charge in [0.1, 0.15) is 19.5 Å². The normalized spacial score (nSPS) is 18.2. The molecule has 1 N–H and O–H groups in total. The quantitative estimate of drug-likeness (QED) is 0.854. The van der Waals surface area contributed by atoms with E-state index >= 15 is 0 Å². The maximum Gasteiger partial charge on any atom is 0.289 e. The van der Waals surface area contributed by atoms with Crippen molar-refractivity contribution in [3.8, 4) is 0 Å². The number of para-hydroxylation sites is 1. The molecule has 4 rings (SSSR count). The number of benzene rings is 1. The number of amides is 1. The molecule has 0 radical (unpaired) electrons. The van der Waals surface area contributed by atoms with Crippen LogP contribution in [0.25, 0.3) is 10.2 Å². The van der Waals surface area contributed by atoms with Crippen molar-refractivity contribution in [2.24, 2.45) is 0 Å². The van der Waals surface area contributed by atoms with Crippen LogP contribution in [0.5, 0.6) is 0 Å². The van der Waals surface area contributed by atoms with Gasteiger partial charge >= 0.3 is 0 Å². The second-order valence-corrected chi connectivity index (χ2v) is 7.26. The summed E-state index contributed by atoms with van der Waals surface area (Å²) in [5, 5.41) is 3.98. The van der Waals surface area contributed by atoms with E-state index in [1.807, 2.05) is 6.07 Å². The highest BCUT2D eigenvalue weighted by Gasteiger charge is 2.20. The van der Waals surface area contributed by atoms with Crippen LogP contribution in [0.3, 0.4) is 0 Å². The number of carbonyl (C=O) groups excluding carboxylic acids is 1. The number of nitrogens with zero attached hydrogens (tertiary/aromatic N) is 3. The lowest BCUT2D eigenvalue weighted by Gasteiger charge is -2.34. The summed E-state index contributed by atoms with van der Waals surface area (Å²) < 4.78 is 11.6. The molecule has 0 bridgehead atoms. The maximum atomic E-state index is 11.9. The number of hydrogen-bond donors (Lipinski definition) is 1. The largest absolute Gasteiger partial charge is 0.494 e. The highest BCUT2D eigenvalue weighted by molar-refractivity contribution is 7.22. The fourth-order valence-corrected chi connectivity index (χ4v) is 4.08. The molecule has 2 aliphatic heterocycles. The first-order chi connectivity index (χ1) is 12.8. The van der Waals surface area contributed by atoms with Crippen LogP contribution in [0.15, 0.2) is 36.3 Å². The van der Waals surface area contributed by atoms with Gasteiger partial charge in [0.05, 0.1) is 10.2 Å². The van der Waals surface area contributed by atoms with E-state index in [0.29, 0.717) is 19.8 Å². The minimum Gasteiger partial charge on any atom is -0.494 e. The highest BCUT2D eigenvalue weighted by Crippen LogP contribution is 2.28. The molecule has 3 heterocycles. The van der Waals surface area contributed by atoms with E-state index in [0.717, 1.165) is 43.4 Å². The minimum absolute atomic E-state index is 0.210. The van der Waals surface area contributed by atoms with Crippen molar-refractivity contribution in [2.75, 3.05) is 57.4 Å². The Morgan fingerprint density at radius 2 is 2.04 bits per heavy atom. The first kappa shape index (κ1) is 17.1. The lowest BCUT2D eigenvalue weighted by Crippen LogP contribution is -2.48. The second kappa shape index (κ2) is 7.92. The molecule has 0 saturated carbocycles. The van der Waals surface area contributed by atoms with Crippen LogP contribution >= 0.6 is 11.3 Å². The number of anilines is 1. The molecule has 1 fully saturated rings. The third-order valence-corrected chi connectivity index (χ3v) is 5.61. The molecule has 2 aliphatic rings. The summed E-state index contributed by atoms with van der Waals surface area (Å²) in [5.41, 5.74) is 1.07. The van der Waals surface area contributed by atoms with Crippen LogP contribution in [-0.4, -0.2) is 68.3 Å². The Kier molecular flexibility index (Phi) is 5.21. The Balaban J connectivity index is 1.22. The van der Waals surface area contributed by atoms with Gasteiger partial charge in [0.2, 0.25) is 5.76 Å². The van der Waals surface area contributed by atoms with E-state index in [1.165, 1.54) is 11.0 Å². The smallest absolute Gasteiger partial charge is 0.289 e. The predicted octanol–water partition coefficient (Wildman–Crippen LogP) is 1.42. The number of fused-ring (bicyclic) bond motifs is 1. The van der Waals surface area contributed by atoms with Crippen molar-refractivity contribution in [3.05, 3.63) is 36.3 Å². The van der Waals surface area contributed by atoms with Crippen molar-refractivity contribution in [2.45, 2.75) is 0 Å². The molecule has 0 atom stereocenters. The van der Waals surface area contributed by atoms with E-state index < -0.39 is 0 Å². The first-order valence-electron chi connectivity index (χ1n) is 8.85. The summed E-state index contributed by atoms with van der Waals surface area (Å²) in [7, 11) is 0. The third-order valence-electron chi connectivity index (χ3n) is 4.51. The van der Waals surface area contributed by atoms with Crippen molar-refractivity contribution in [3.63, 3.8) is 0 Å². The molecule has 2 aromatic rings. The van der Waals surface area contributed by atoms with Crippen molar-refractivity contribution >= 4 is 32.6 Å². The summed E-state index contributed by atoms with van der Waals surface area (Å²) in [4.78, 5) is 21.4. The molecule has 0 aliphatic carbocycles. The number of thiazole rings is 1. The molecule has 1 aromatic heterocycles. The van der Waals surface area contributed by atoms with Gasteiger partial charge in [0.25, 0.3) is 5.91 Å². The van der Waals surface area contributed by atoms with E-state index in [2.05, 4.69) is 33.3 Å². The van der Waals surface area contributed by atoms with Gasteiger partial charge in [-0.05, 0) is 12.1 Å². The molecular weight excluding hydrogens is 352 g/mol. The fraction of sp³-hybridized carbons (Fsp3) is 0.444. The SMILES string of the molecule is O=C(NCCN1CCN(c2nc3ccccc3s2)CC1)C1=COCCO1. The zero-order chi connectivity index (χ0) is 17.8. The van der Waals surface area contributed by atoms with Crippen molar-refractivity contribution in [1.29, 1.82) is 0 Å². The number of piperazine rings is 1. The summed E-state index contributed by atoms with van der Waals surface area (Å²) in [5.74, 6) is 0.0507. The van der Waals surface area contributed by atoms with Gasteiger partial charge in [-0.25, -0.2) is 4.98 Å². The Morgan fingerprint density at radius 3 is 2.81 bits per heavy atom. The molecular formula is C18H22N4O3S. The minimum atomic E-state index is -0.210. The molecule has 0 unspecified atom stereocenters. The monoisotopic (exact) mass is 374 g/mol. The van der Waals surface area contributed by atoms with E-state index in [1.54, 1.807) is 11.3 Å². The van der Waals surface area contributed by atoms with Gasteiger partial charge in [-0.15, -0.1) is 0 Å². The number of aromatic nitrogens is 1. The van der Waals surface area contributed by atoms with Crippen LogP contribution in [-0.2, 0) is 14.3 Å². The molecule has 1 saturated heterocycles. The highest BCUT2D eigenvalue weighted by atomic mass is 32.1. The van der Waals surface area contributed by atoms with Gasteiger partial charge in [0.15, 0.2) is 5.13 Å². The second-order valence-electron chi connectivity index (χ2n) is 6.25. The number of carbonyl (C=O) groups is 1. The van der Waals surface area contributed by atoms with Crippen molar-refractivity contribution < 1.29 is 14.3 Å². The number of hydrogen-bond acceptors (Lipinski definition) is 7. The number of ether oxygens (including phenoxy) is 2. The number of rotatable bonds is 5. The van der Waals surface area contributed by atoms with Crippen molar-refractivity contribution in [1.82, 2.24) is 15.2 Å². The molecule has 1 amide bonds. The third kappa shape index (κ3) is 3.91. The Hall–Kier alpha value is -2.32. The topological polar surface area (TPSA) is 66.9 Å². The van der Waals surface area contributed by atoms with Gasteiger partial charge in [-0.1, -0.05) is 23.5 Å². The van der Waals surface area contributed by atoms with Gasteiger partial charge < -0.3 is 19.7 Å². The Labute approximate surface area is 156 Å². The van der Waals surface area contributed by atoms with Gasteiger partial charge in [-0.2, -0.15) is 0 Å². The summed E-state index contributed by atoms with van der Waals surface area (Å²) in [6, 6.07) is 8.26. The van der Waals surface area contributed by atoms with Crippen LogP contribution in [0.1, 0.15) is 0 Å². The number of nitrogens with one attached hydrogen (secondary N) is 1. The summed E-state index contributed by atoms with van der Waals surface area (Å²) >= 11 is 1.75. The van der Waals surface area contributed by atoms with Crippen LogP contribution in [0.4, 0.5) is 5.13 Å². The standard InChI is InChI=1S/C18H22N4O3S/c23-17(15-13-24-11-12-25-15)19-5-6-21-7-9-22(10-8-21)18-20-14-3-1-2-4-16(14)26-18/h1-4,13H,5-12H2,(H,19,23). The van der Waals surface area contributed by atoms with Gasteiger partial charge in [-0.3, -0.25) is 9.69 Å². The van der Waals surface area contributed by atoms with Crippen LogP contribution in [0, 0.1) is 0 Å². The molecule has 8 heteroatoms. The molecule has 7 nitrogen and oxygen atoms in total. The molecule has 138 valence electrons. The predicted molar refractivity (Wildman–Crippen MR) is 101 cm³/mol. The molecule has 26 heavy (non-hydrogen) atoms. The average Bonchev–Trinajstić information content (AvgIpc) is 3.13. The summed E-state index contributed by atoms with van der Waals surface area (Å²) in [6.45, 7) is 6.19. The molecule has 1 aromatic carbocycles. The zero-order valence-electron chi connectivity index (χ0n) is 14.5. The lowest BCUT2D eigenvalue weighted by molar-refractivity contribution is -0.122. The molecule has 0 spiro atoms. The lowest BCUT2D eigenvalue weighted by atomic mass is 10.3. The van der Waals surface area contributed by atoms with E-state index in [4.69, 9.17) is 14.5 Å². The van der Waals surface area contributed by atoms with Gasteiger partial charge in [0, 0.05) is 39.3 Å². The average molecular weight is 374 g/mol.